The maximum Gasteiger partial charge on any atom is 0.310 e. The molecule has 8 nitrogen and oxygen atoms in total. The number of carbonyl (C=O) groups is 2. The van der Waals surface area contributed by atoms with Crippen LogP contribution >= 0.6 is 0 Å². The molecule has 0 bridgehead atoms. The van der Waals surface area contributed by atoms with Crippen LogP contribution in [0, 0.1) is 15.9 Å². The van der Waals surface area contributed by atoms with Gasteiger partial charge in [0.05, 0.1) is 11.0 Å². The Morgan fingerprint density at radius 2 is 1.69 bits per heavy atom. The summed E-state index contributed by atoms with van der Waals surface area (Å²) in [5.74, 6) is -1.22. The molecule has 2 N–H and O–H groups in total. The van der Waals surface area contributed by atoms with Crippen molar-refractivity contribution in [3.63, 3.8) is 0 Å². The summed E-state index contributed by atoms with van der Waals surface area (Å²) in [4.78, 5) is 34.8. The lowest BCUT2D eigenvalue weighted by atomic mass is 10.1. The van der Waals surface area contributed by atoms with Crippen LogP contribution in [0.2, 0.25) is 0 Å². The summed E-state index contributed by atoms with van der Waals surface area (Å²) in [7, 11) is 0. The number of benzene rings is 3. The molecule has 3 aromatic rings. The Kier molecular flexibility index (Phi) is 7.12. The Bertz CT molecular complexity index is 1120. The van der Waals surface area contributed by atoms with E-state index in [0.29, 0.717) is 11.3 Å². The monoisotopic (exact) mass is 437 g/mol. The zero-order valence-corrected chi connectivity index (χ0v) is 17.1. The van der Waals surface area contributed by atoms with Gasteiger partial charge in [0.1, 0.15) is 5.82 Å². The fourth-order valence-electron chi connectivity index (χ4n) is 2.90. The van der Waals surface area contributed by atoms with Gasteiger partial charge in [-0.15, -0.1) is 0 Å². The van der Waals surface area contributed by atoms with Crippen LogP contribution in [0.3, 0.4) is 0 Å². The number of halogens is 1. The van der Waals surface area contributed by atoms with Gasteiger partial charge in [0, 0.05) is 17.3 Å². The number of para-hydroxylation sites is 2. The fraction of sp³-hybridized carbons (Fsp3) is 0.130. The van der Waals surface area contributed by atoms with Gasteiger partial charge >= 0.3 is 5.69 Å². The van der Waals surface area contributed by atoms with Gasteiger partial charge in [0.15, 0.2) is 12.4 Å². The second kappa shape index (κ2) is 10.2. The molecule has 0 aliphatic carbocycles. The molecule has 0 heterocycles. The first-order chi connectivity index (χ1) is 15.3. The number of amides is 2. The highest BCUT2D eigenvalue weighted by molar-refractivity contribution is 6.04. The van der Waals surface area contributed by atoms with Crippen molar-refractivity contribution in [2.75, 3.05) is 11.9 Å². The zero-order valence-electron chi connectivity index (χ0n) is 17.1. The standard InChI is InChI=1S/C23H20FN3O5/c1-15(25-22(28)14-32-21-5-3-2-4-20(21)27(30)31)16-8-12-19(13-9-16)26-23(29)17-6-10-18(24)11-7-17/h2-13,15H,14H2,1H3,(H,25,28)(H,26,29). The molecular weight excluding hydrogens is 417 g/mol. The summed E-state index contributed by atoms with van der Waals surface area (Å²) >= 11 is 0. The third-order valence-electron chi connectivity index (χ3n) is 4.57. The van der Waals surface area contributed by atoms with Crippen LogP contribution in [-0.2, 0) is 4.79 Å². The molecule has 0 saturated carbocycles. The van der Waals surface area contributed by atoms with E-state index in [4.69, 9.17) is 4.74 Å². The number of anilines is 1. The van der Waals surface area contributed by atoms with Crippen LogP contribution in [0.4, 0.5) is 15.8 Å². The molecule has 2 amide bonds. The summed E-state index contributed by atoms with van der Waals surface area (Å²) in [6.45, 7) is 1.40. The minimum absolute atomic E-state index is 0.0153. The molecule has 32 heavy (non-hydrogen) atoms. The van der Waals surface area contributed by atoms with Crippen LogP contribution < -0.4 is 15.4 Å². The van der Waals surface area contributed by atoms with Crippen LogP contribution in [0.5, 0.6) is 5.75 Å². The largest absolute Gasteiger partial charge is 0.477 e. The number of hydrogen-bond acceptors (Lipinski definition) is 5. The van der Waals surface area contributed by atoms with E-state index in [2.05, 4.69) is 10.6 Å². The normalized spacial score (nSPS) is 11.3. The Balaban J connectivity index is 1.53. The molecule has 3 rings (SSSR count). The van der Waals surface area contributed by atoms with Crippen molar-refractivity contribution in [3.05, 3.63) is 99.9 Å². The third kappa shape index (κ3) is 5.88. The molecule has 0 saturated heterocycles. The van der Waals surface area contributed by atoms with Gasteiger partial charge in [0.2, 0.25) is 0 Å². The second-order valence-electron chi connectivity index (χ2n) is 6.89. The van der Waals surface area contributed by atoms with Crippen molar-refractivity contribution < 1.29 is 23.6 Å². The number of hydrogen-bond donors (Lipinski definition) is 2. The minimum atomic E-state index is -0.577. The van der Waals surface area contributed by atoms with E-state index in [1.54, 1.807) is 37.3 Å². The molecule has 3 aromatic carbocycles. The summed E-state index contributed by atoms with van der Waals surface area (Å²) in [5.41, 5.74) is 1.44. The molecule has 0 aliphatic rings. The van der Waals surface area contributed by atoms with Crippen LogP contribution in [0.25, 0.3) is 0 Å². The van der Waals surface area contributed by atoms with Gasteiger partial charge in [-0.05, 0) is 55.0 Å². The highest BCUT2D eigenvalue weighted by Gasteiger charge is 2.16. The van der Waals surface area contributed by atoms with Gasteiger partial charge in [-0.2, -0.15) is 0 Å². The van der Waals surface area contributed by atoms with Gasteiger partial charge in [-0.25, -0.2) is 4.39 Å². The van der Waals surface area contributed by atoms with Crippen LogP contribution in [-0.4, -0.2) is 23.3 Å². The summed E-state index contributed by atoms with van der Waals surface area (Å²) in [5, 5.41) is 16.5. The molecule has 9 heteroatoms. The number of ether oxygens (including phenoxy) is 1. The Hall–Kier alpha value is -4.27. The van der Waals surface area contributed by atoms with E-state index in [9.17, 15) is 24.1 Å². The Morgan fingerprint density at radius 1 is 1.03 bits per heavy atom. The predicted molar refractivity (Wildman–Crippen MR) is 116 cm³/mol. The quantitative estimate of drug-likeness (QED) is 0.404. The summed E-state index contributed by atoms with van der Waals surface area (Å²) in [6.07, 6.45) is 0. The lowest BCUT2D eigenvalue weighted by molar-refractivity contribution is -0.385. The topological polar surface area (TPSA) is 111 Å². The maximum absolute atomic E-state index is 13.0. The second-order valence-corrected chi connectivity index (χ2v) is 6.89. The third-order valence-corrected chi connectivity index (χ3v) is 4.57. The van der Waals surface area contributed by atoms with E-state index < -0.39 is 16.6 Å². The molecule has 0 aliphatic heterocycles. The van der Waals surface area contributed by atoms with Gasteiger partial charge < -0.3 is 15.4 Å². The molecule has 0 aromatic heterocycles. The molecule has 164 valence electrons. The van der Waals surface area contributed by atoms with E-state index in [1.807, 2.05) is 0 Å². The minimum Gasteiger partial charge on any atom is -0.477 e. The number of nitrogens with zero attached hydrogens (tertiary/aromatic N) is 1. The molecule has 0 radical (unpaired) electrons. The smallest absolute Gasteiger partial charge is 0.310 e. The number of nitro groups is 1. The van der Waals surface area contributed by atoms with E-state index >= 15 is 0 Å². The van der Waals surface area contributed by atoms with Crippen molar-refractivity contribution >= 4 is 23.2 Å². The average molecular weight is 437 g/mol. The highest BCUT2D eigenvalue weighted by atomic mass is 19.1. The van der Waals surface area contributed by atoms with Crippen molar-refractivity contribution in [3.8, 4) is 5.75 Å². The SMILES string of the molecule is CC(NC(=O)COc1ccccc1[N+](=O)[O-])c1ccc(NC(=O)c2ccc(F)cc2)cc1. The van der Waals surface area contributed by atoms with Crippen molar-refractivity contribution in [2.24, 2.45) is 0 Å². The molecule has 1 unspecified atom stereocenters. The summed E-state index contributed by atoms with van der Waals surface area (Å²) in [6, 6.07) is 17.5. The predicted octanol–water partition coefficient (Wildman–Crippen LogP) is 4.24. The first kappa shape index (κ1) is 22.4. The van der Waals surface area contributed by atoms with Crippen LogP contribution in [0.1, 0.15) is 28.9 Å². The van der Waals surface area contributed by atoms with E-state index in [-0.39, 0.29) is 30.0 Å². The molecule has 0 fully saturated rings. The van der Waals surface area contributed by atoms with Gasteiger partial charge in [-0.3, -0.25) is 19.7 Å². The van der Waals surface area contributed by atoms with E-state index in [0.717, 1.165) is 5.56 Å². The Morgan fingerprint density at radius 3 is 2.34 bits per heavy atom. The maximum atomic E-state index is 13.0. The van der Waals surface area contributed by atoms with Crippen molar-refractivity contribution in [2.45, 2.75) is 13.0 Å². The van der Waals surface area contributed by atoms with Gasteiger partial charge in [-0.1, -0.05) is 24.3 Å². The number of nitro benzene ring substituents is 1. The fourth-order valence-corrected chi connectivity index (χ4v) is 2.90. The first-order valence-electron chi connectivity index (χ1n) is 9.66. The average Bonchev–Trinajstić information content (AvgIpc) is 2.78. The van der Waals surface area contributed by atoms with Crippen molar-refractivity contribution in [1.29, 1.82) is 0 Å². The molecular formula is C23H20FN3O5. The number of rotatable bonds is 8. The lowest BCUT2D eigenvalue weighted by Crippen LogP contribution is -2.31. The van der Waals surface area contributed by atoms with Crippen LogP contribution in [0.15, 0.2) is 72.8 Å². The van der Waals surface area contributed by atoms with Gasteiger partial charge in [0.25, 0.3) is 11.8 Å². The number of carbonyl (C=O) groups excluding carboxylic acids is 2. The zero-order chi connectivity index (χ0) is 23.1. The number of nitrogens with one attached hydrogen (secondary N) is 2. The molecule has 0 spiro atoms. The first-order valence-corrected chi connectivity index (χ1v) is 9.66. The Labute approximate surface area is 183 Å². The summed E-state index contributed by atoms with van der Waals surface area (Å²) < 4.78 is 18.3. The van der Waals surface area contributed by atoms with Crippen molar-refractivity contribution in [1.82, 2.24) is 5.32 Å². The highest BCUT2D eigenvalue weighted by Crippen LogP contribution is 2.25. The van der Waals surface area contributed by atoms with E-state index in [1.165, 1.54) is 42.5 Å². The lowest BCUT2D eigenvalue weighted by Gasteiger charge is -2.15. The molecule has 1 atom stereocenters.